The van der Waals surface area contributed by atoms with Gasteiger partial charge in [0.2, 0.25) is 0 Å². The maximum absolute atomic E-state index is 3.07. The summed E-state index contributed by atoms with van der Waals surface area (Å²) in [4.78, 5) is 4.33. The molecule has 0 N–H and O–H groups in total. The van der Waals surface area contributed by atoms with E-state index in [0.717, 1.165) is 0 Å². The summed E-state index contributed by atoms with van der Waals surface area (Å²) in [6.45, 7) is 0. The van der Waals surface area contributed by atoms with Gasteiger partial charge in [0.05, 0.1) is 0 Å². The van der Waals surface area contributed by atoms with Gasteiger partial charge in [-0.3, -0.25) is 0 Å². The molecule has 0 aliphatic heterocycles. The molecule has 2 aromatic heterocycles. The Morgan fingerprint density at radius 1 is 0.786 bits per heavy atom. The van der Waals surface area contributed by atoms with Crippen LogP contribution >= 0.6 is 0 Å². The minimum absolute atomic E-state index is 0.451. The van der Waals surface area contributed by atoms with Crippen LogP contribution in [0.25, 0.3) is 0 Å². The van der Waals surface area contributed by atoms with E-state index >= 15 is 0 Å². The Balaban J connectivity index is 2.07. The van der Waals surface area contributed by atoms with Crippen molar-refractivity contribution < 1.29 is 0 Å². The molecule has 0 aliphatic carbocycles. The molecule has 2 heterocycles. The average Bonchev–Trinajstić information content (AvgIpc) is 2.86. The van der Waals surface area contributed by atoms with Gasteiger partial charge >= 0.3 is 95.7 Å². The minimum atomic E-state index is 0.451. The van der Waals surface area contributed by atoms with Gasteiger partial charge in [-0.25, -0.2) is 0 Å². The topological polar surface area (TPSA) is 0 Å². The molecule has 0 amide bonds. The monoisotopic (exact) mass is 310 g/mol. The van der Waals surface area contributed by atoms with Crippen LogP contribution in [0.1, 0.15) is 8.87 Å². The summed E-state index contributed by atoms with van der Waals surface area (Å²) < 4.78 is 2.44. The van der Waals surface area contributed by atoms with Gasteiger partial charge in [0, 0.05) is 0 Å². The van der Waals surface area contributed by atoms with Crippen LogP contribution < -0.4 is 0 Å². The summed E-state index contributed by atoms with van der Waals surface area (Å²) in [5, 5.41) is 0. The molecule has 0 bridgehead atoms. The van der Waals surface area contributed by atoms with Gasteiger partial charge in [-0.1, -0.05) is 0 Å². The van der Waals surface area contributed by atoms with Crippen LogP contribution in [-0.4, -0.2) is 29.0 Å². The van der Waals surface area contributed by atoms with Gasteiger partial charge in [0.1, 0.15) is 0 Å². The predicted molar refractivity (Wildman–Crippen MR) is 60.5 cm³/mol. The van der Waals surface area contributed by atoms with E-state index in [4.69, 9.17) is 0 Å². The van der Waals surface area contributed by atoms with Crippen molar-refractivity contribution in [3.8, 4) is 23.7 Å². The summed E-state index contributed by atoms with van der Waals surface area (Å²) in [6.07, 6.45) is 0. The summed E-state index contributed by atoms with van der Waals surface area (Å²) in [6, 6.07) is 8.25. The molecule has 0 fully saturated rings. The van der Waals surface area contributed by atoms with Crippen LogP contribution in [-0.2, 0) is 0 Å². The quantitative estimate of drug-likeness (QED) is 0.507. The van der Waals surface area contributed by atoms with Crippen LogP contribution in [0.15, 0.2) is 34.1 Å². The molecular weight excluding hydrogens is 302 g/mol. The molecule has 2 rings (SSSR count). The van der Waals surface area contributed by atoms with Crippen molar-refractivity contribution >= 4 is 29.0 Å². The van der Waals surface area contributed by atoms with E-state index < -0.39 is 0 Å². The fourth-order valence-corrected chi connectivity index (χ4v) is 3.28. The van der Waals surface area contributed by atoms with Gasteiger partial charge < -0.3 is 0 Å². The molecule has 0 saturated heterocycles. The maximum atomic E-state index is 3.07. The van der Waals surface area contributed by atoms with Crippen molar-refractivity contribution in [2.75, 3.05) is 0 Å². The van der Waals surface area contributed by atoms with Gasteiger partial charge in [0.15, 0.2) is 0 Å². The first kappa shape index (κ1) is 9.67. The van der Waals surface area contributed by atoms with Gasteiger partial charge in [-0.05, 0) is 0 Å². The van der Waals surface area contributed by atoms with E-state index in [9.17, 15) is 0 Å². The standard InChI is InChI=1S/C12H6Se2/c1(5-11-7-3-9-13-11)2-6-12-8-4-10-14-12/h3-4,7-10H. The first-order valence-corrected chi connectivity index (χ1v) is 7.73. The number of rotatable bonds is 0. The fraction of sp³-hybridized carbons (Fsp3) is 0. The zero-order chi connectivity index (χ0) is 9.64. The Bertz CT molecular complexity index is 446. The van der Waals surface area contributed by atoms with Crippen molar-refractivity contribution in [2.45, 2.75) is 0 Å². The predicted octanol–water partition coefficient (Wildman–Crippen LogP) is 1.20. The first-order chi connectivity index (χ1) is 6.95. The zero-order valence-corrected chi connectivity index (χ0v) is 10.7. The molecule has 0 aliphatic rings. The van der Waals surface area contributed by atoms with Crippen LogP contribution in [0.5, 0.6) is 0 Å². The van der Waals surface area contributed by atoms with Crippen molar-refractivity contribution in [3.63, 3.8) is 0 Å². The SMILES string of the molecule is C(C#Cc1ccc[se]1)#Cc1ccc[se]1. The Hall–Kier alpha value is -0.881. The van der Waals surface area contributed by atoms with Gasteiger partial charge in [-0.15, -0.1) is 0 Å². The molecule has 0 radical (unpaired) electrons. The number of hydrogen-bond acceptors (Lipinski definition) is 0. The molecule has 2 heteroatoms. The van der Waals surface area contributed by atoms with Crippen LogP contribution in [0.4, 0.5) is 0 Å². The van der Waals surface area contributed by atoms with Crippen LogP contribution in [0.3, 0.4) is 0 Å². The van der Waals surface area contributed by atoms with E-state index in [2.05, 4.69) is 57.8 Å². The Morgan fingerprint density at radius 2 is 1.29 bits per heavy atom. The normalized spacial score (nSPS) is 8.29. The molecule has 2 aromatic rings. The zero-order valence-electron chi connectivity index (χ0n) is 7.28. The molecule has 0 saturated carbocycles. The van der Waals surface area contributed by atoms with Crippen molar-refractivity contribution in [2.24, 2.45) is 0 Å². The Kier molecular flexibility index (Phi) is 3.53. The second kappa shape index (κ2) is 5.11. The van der Waals surface area contributed by atoms with Crippen LogP contribution in [0.2, 0.25) is 0 Å². The molecule has 0 atom stereocenters. The molecule has 0 spiro atoms. The second-order valence-electron chi connectivity index (χ2n) is 2.45. The van der Waals surface area contributed by atoms with E-state index in [-0.39, 0.29) is 0 Å². The Labute approximate surface area is 95.5 Å². The van der Waals surface area contributed by atoms with Gasteiger partial charge in [-0.2, -0.15) is 0 Å². The third-order valence-electron chi connectivity index (χ3n) is 1.48. The molecule has 0 nitrogen and oxygen atoms in total. The average molecular weight is 308 g/mol. The third kappa shape index (κ3) is 2.81. The second-order valence-corrected chi connectivity index (χ2v) is 6.43. The summed E-state index contributed by atoms with van der Waals surface area (Å²) in [5.41, 5.74) is 0. The molecule has 0 aromatic carbocycles. The third-order valence-corrected chi connectivity index (χ3v) is 4.77. The fourth-order valence-electron chi connectivity index (χ4n) is 0.885. The van der Waals surface area contributed by atoms with E-state index in [0.29, 0.717) is 29.0 Å². The summed E-state index contributed by atoms with van der Waals surface area (Å²) >= 11 is 0.902. The molecular formula is C12H6Se2. The van der Waals surface area contributed by atoms with E-state index in [1.165, 1.54) is 8.87 Å². The van der Waals surface area contributed by atoms with Gasteiger partial charge in [0.25, 0.3) is 0 Å². The Morgan fingerprint density at radius 3 is 1.64 bits per heavy atom. The summed E-state index contributed by atoms with van der Waals surface area (Å²) in [7, 11) is 0. The molecule has 0 unspecified atom stereocenters. The molecule has 14 heavy (non-hydrogen) atoms. The van der Waals surface area contributed by atoms with E-state index in [1.54, 1.807) is 0 Å². The first-order valence-electron chi connectivity index (χ1n) is 4.04. The summed E-state index contributed by atoms with van der Waals surface area (Å²) in [5.74, 6) is 11.9. The number of hydrogen-bond donors (Lipinski definition) is 0. The van der Waals surface area contributed by atoms with Crippen molar-refractivity contribution in [3.05, 3.63) is 43.0 Å². The van der Waals surface area contributed by atoms with E-state index in [1.807, 2.05) is 0 Å². The van der Waals surface area contributed by atoms with Crippen molar-refractivity contribution in [1.82, 2.24) is 0 Å². The molecule has 66 valence electrons. The van der Waals surface area contributed by atoms with Crippen LogP contribution in [0, 0.1) is 23.7 Å². The van der Waals surface area contributed by atoms with Crippen molar-refractivity contribution in [1.29, 1.82) is 0 Å².